The molecule has 0 fully saturated rings. The smallest absolute Gasteiger partial charge is 0.150 e. The number of nitrogens with zero attached hydrogens (tertiary/aromatic N) is 1. The van der Waals surface area contributed by atoms with Crippen molar-refractivity contribution in [2.75, 3.05) is 14.2 Å². The van der Waals surface area contributed by atoms with Gasteiger partial charge in [-0.3, -0.25) is 9.69 Å². The van der Waals surface area contributed by atoms with Gasteiger partial charge < -0.3 is 4.74 Å². The number of halogens is 1. The third-order valence-electron chi connectivity index (χ3n) is 2.93. The second kappa shape index (κ2) is 7.02. The van der Waals surface area contributed by atoms with Gasteiger partial charge in [0.05, 0.1) is 7.11 Å². The number of rotatable bonds is 6. The number of hydrogen-bond donors (Lipinski definition) is 0. The second-order valence-electron chi connectivity index (χ2n) is 4.59. The quantitative estimate of drug-likeness (QED) is 0.736. The Morgan fingerprint density at radius 2 is 2.15 bits per heavy atom. The Bertz CT molecular complexity index is 597. The fraction of sp³-hybridized carbons (Fsp3) is 0.267. The van der Waals surface area contributed by atoms with Crippen LogP contribution in [0.2, 0.25) is 0 Å². The van der Waals surface area contributed by atoms with Gasteiger partial charge in [0.25, 0.3) is 0 Å². The third-order valence-corrected chi connectivity index (χ3v) is 4.61. The predicted octanol–water partition coefficient (Wildman–Crippen LogP) is 3.96. The highest BCUT2D eigenvalue weighted by atomic mass is 79.9. The lowest BCUT2D eigenvalue weighted by Crippen LogP contribution is -2.17. The van der Waals surface area contributed by atoms with E-state index in [1.807, 2.05) is 12.1 Å². The standard InChI is InChI=1S/C15H16BrNO2S/c1-17(8-14-6-13(16)10-20-14)7-12-5-11(9-18)3-4-15(12)19-2/h3-6,9-10H,7-8H2,1-2H3. The summed E-state index contributed by atoms with van der Waals surface area (Å²) < 4.78 is 6.47. The van der Waals surface area contributed by atoms with E-state index in [1.54, 1.807) is 24.5 Å². The molecule has 0 saturated heterocycles. The molecular weight excluding hydrogens is 338 g/mol. The largest absolute Gasteiger partial charge is 0.496 e. The molecule has 1 aromatic carbocycles. The molecule has 3 nitrogen and oxygen atoms in total. The van der Waals surface area contributed by atoms with Crippen LogP contribution in [-0.4, -0.2) is 25.3 Å². The first-order valence-electron chi connectivity index (χ1n) is 6.16. The highest BCUT2D eigenvalue weighted by Gasteiger charge is 2.09. The zero-order chi connectivity index (χ0) is 14.5. The summed E-state index contributed by atoms with van der Waals surface area (Å²) >= 11 is 5.19. The highest BCUT2D eigenvalue weighted by Crippen LogP contribution is 2.24. The van der Waals surface area contributed by atoms with Gasteiger partial charge in [0.1, 0.15) is 12.0 Å². The number of methoxy groups -OCH3 is 1. The molecule has 0 saturated carbocycles. The van der Waals surface area contributed by atoms with Crippen LogP contribution < -0.4 is 4.74 Å². The van der Waals surface area contributed by atoms with E-state index in [9.17, 15) is 4.79 Å². The maximum Gasteiger partial charge on any atom is 0.150 e. The first-order chi connectivity index (χ1) is 9.62. The molecule has 1 heterocycles. The predicted molar refractivity (Wildman–Crippen MR) is 85.6 cm³/mol. The van der Waals surface area contributed by atoms with E-state index >= 15 is 0 Å². The number of thiophene rings is 1. The molecule has 0 aliphatic carbocycles. The van der Waals surface area contributed by atoms with Crippen molar-refractivity contribution in [3.8, 4) is 5.75 Å². The maximum atomic E-state index is 10.9. The van der Waals surface area contributed by atoms with Gasteiger partial charge in [0, 0.05) is 38.9 Å². The average molecular weight is 354 g/mol. The van der Waals surface area contributed by atoms with Gasteiger partial charge in [-0.1, -0.05) is 0 Å². The summed E-state index contributed by atoms with van der Waals surface area (Å²) in [5, 5.41) is 2.08. The minimum atomic E-state index is 0.674. The topological polar surface area (TPSA) is 29.5 Å². The van der Waals surface area contributed by atoms with Crippen molar-refractivity contribution in [1.82, 2.24) is 4.90 Å². The van der Waals surface area contributed by atoms with Crippen molar-refractivity contribution in [2.45, 2.75) is 13.1 Å². The number of carbonyl (C=O) groups is 1. The van der Waals surface area contributed by atoms with Crippen LogP contribution in [0.5, 0.6) is 5.75 Å². The molecule has 0 bridgehead atoms. The number of aldehydes is 1. The van der Waals surface area contributed by atoms with Gasteiger partial charge in [-0.2, -0.15) is 0 Å². The minimum Gasteiger partial charge on any atom is -0.496 e. The SMILES string of the molecule is COc1ccc(C=O)cc1CN(C)Cc1cc(Br)cs1. The highest BCUT2D eigenvalue weighted by molar-refractivity contribution is 9.10. The number of benzene rings is 1. The number of carbonyl (C=O) groups excluding carboxylic acids is 1. The Morgan fingerprint density at radius 1 is 1.35 bits per heavy atom. The van der Waals surface area contributed by atoms with E-state index in [2.05, 4.69) is 39.3 Å². The molecule has 1 aromatic heterocycles. The summed E-state index contributed by atoms with van der Waals surface area (Å²) in [7, 11) is 3.70. The van der Waals surface area contributed by atoms with E-state index in [4.69, 9.17) is 4.74 Å². The molecule has 0 aliphatic heterocycles. The van der Waals surface area contributed by atoms with Gasteiger partial charge in [0.15, 0.2) is 0 Å². The van der Waals surface area contributed by atoms with Crippen LogP contribution in [0.4, 0.5) is 0 Å². The first kappa shape index (κ1) is 15.2. The lowest BCUT2D eigenvalue weighted by molar-refractivity contribution is 0.112. The normalized spacial score (nSPS) is 10.8. The average Bonchev–Trinajstić information content (AvgIpc) is 2.83. The van der Waals surface area contributed by atoms with E-state index in [1.165, 1.54) is 4.88 Å². The summed E-state index contributed by atoms with van der Waals surface area (Å²) in [5.41, 5.74) is 1.70. The lowest BCUT2D eigenvalue weighted by atomic mass is 10.1. The summed E-state index contributed by atoms with van der Waals surface area (Å²) in [6.45, 7) is 1.60. The van der Waals surface area contributed by atoms with Crippen LogP contribution in [0.25, 0.3) is 0 Å². The number of ether oxygens (including phenoxy) is 1. The summed E-state index contributed by atoms with van der Waals surface area (Å²) in [5.74, 6) is 0.815. The number of hydrogen-bond acceptors (Lipinski definition) is 4. The van der Waals surface area contributed by atoms with Crippen molar-refractivity contribution in [3.05, 3.63) is 50.1 Å². The van der Waals surface area contributed by atoms with Crippen LogP contribution >= 0.6 is 27.3 Å². The lowest BCUT2D eigenvalue weighted by Gasteiger charge is -2.18. The fourth-order valence-corrected chi connectivity index (χ4v) is 3.57. The zero-order valence-corrected chi connectivity index (χ0v) is 13.8. The Labute approximate surface area is 131 Å². The second-order valence-corrected chi connectivity index (χ2v) is 6.50. The zero-order valence-electron chi connectivity index (χ0n) is 11.4. The molecule has 0 unspecified atom stereocenters. The molecule has 0 aliphatic rings. The van der Waals surface area contributed by atoms with Gasteiger partial charge in [-0.25, -0.2) is 0 Å². The monoisotopic (exact) mass is 353 g/mol. The fourth-order valence-electron chi connectivity index (χ4n) is 2.04. The van der Waals surface area contributed by atoms with Crippen LogP contribution in [0.1, 0.15) is 20.8 Å². The Balaban J connectivity index is 2.09. The van der Waals surface area contributed by atoms with E-state index in [0.29, 0.717) is 5.56 Å². The van der Waals surface area contributed by atoms with Gasteiger partial charge in [-0.05, 0) is 47.2 Å². The third kappa shape index (κ3) is 3.91. The van der Waals surface area contributed by atoms with Crippen molar-refractivity contribution >= 4 is 33.6 Å². The first-order valence-corrected chi connectivity index (χ1v) is 7.83. The summed E-state index contributed by atoms with van der Waals surface area (Å²) in [6.07, 6.45) is 0.860. The van der Waals surface area contributed by atoms with Crippen LogP contribution in [-0.2, 0) is 13.1 Å². The van der Waals surface area contributed by atoms with Crippen LogP contribution in [0.3, 0.4) is 0 Å². The molecule has 2 aromatic rings. The Morgan fingerprint density at radius 3 is 2.75 bits per heavy atom. The van der Waals surface area contributed by atoms with Gasteiger partial charge in [-0.15, -0.1) is 11.3 Å². The molecule has 2 rings (SSSR count). The molecule has 20 heavy (non-hydrogen) atoms. The van der Waals surface area contributed by atoms with E-state index in [0.717, 1.165) is 35.2 Å². The molecule has 0 radical (unpaired) electrons. The van der Waals surface area contributed by atoms with Gasteiger partial charge in [0.2, 0.25) is 0 Å². The van der Waals surface area contributed by atoms with Crippen molar-refractivity contribution in [2.24, 2.45) is 0 Å². The molecule has 0 atom stereocenters. The summed E-state index contributed by atoms with van der Waals surface area (Å²) in [6, 6.07) is 7.62. The molecular formula is C15H16BrNO2S. The molecule has 0 amide bonds. The Kier molecular flexibility index (Phi) is 5.34. The van der Waals surface area contributed by atoms with Crippen molar-refractivity contribution < 1.29 is 9.53 Å². The maximum absolute atomic E-state index is 10.9. The van der Waals surface area contributed by atoms with Crippen molar-refractivity contribution in [3.63, 3.8) is 0 Å². The molecule has 0 spiro atoms. The van der Waals surface area contributed by atoms with Crippen LogP contribution in [0, 0.1) is 0 Å². The minimum absolute atomic E-state index is 0.674. The van der Waals surface area contributed by atoms with Gasteiger partial charge >= 0.3 is 0 Å². The van der Waals surface area contributed by atoms with Crippen LogP contribution in [0.15, 0.2) is 34.1 Å². The van der Waals surface area contributed by atoms with Crippen molar-refractivity contribution in [1.29, 1.82) is 0 Å². The molecule has 5 heteroatoms. The Hall–Kier alpha value is -1.17. The molecule has 106 valence electrons. The summed E-state index contributed by atoms with van der Waals surface area (Å²) in [4.78, 5) is 14.4. The van der Waals surface area contributed by atoms with E-state index in [-0.39, 0.29) is 0 Å². The molecule has 0 N–H and O–H groups in total. The van der Waals surface area contributed by atoms with E-state index < -0.39 is 0 Å².